The third kappa shape index (κ3) is 6.03. The first-order valence-electron chi connectivity index (χ1n) is 6.83. The van der Waals surface area contributed by atoms with Crippen molar-refractivity contribution in [2.75, 3.05) is 26.3 Å². The highest BCUT2D eigenvalue weighted by Crippen LogP contribution is 2.15. The van der Waals surface area contributed by atoms with Gasteiger partial charge < -0.3 is 15.4 Å². The monoisotopic (exact) mass is 242 g/mol. The number of hydrogen-bond donors (Lipinski definition) is 2. The van der Waals surface area contributed by atoms with Gasteiger partial charge in [0.05, 0.1) is 0 Å². The average Bonchev–Trinajstić information content (AvgIpc) is 2.33. The Kier molecular flexibility index (Phi) is 7.21. The average molecular weight is 242 g/mol. The second-order valence-electron chi connectivity index (χ2n) is 4.77. The lowest BCUT2D eigenvalue weighted by molar-refractivity contribution is -0.126. The van der Waals surface area contributed by atoms with Crippen molar-refractivity contribution in [3.63, 3.8) is 0 Å². The number of carbonyl (C=O) groups is 1. The Morgan fingerprint density at radius 2 is 2.29 bits per heavy atom. The minimum Gasteiger partial charge on any atom is -0.382 e. The summed E-state index contributed by atoms with van der Waals surface area (Å²) in [5, 5.41) is 6.39. The molecular weight excluding hydrogens is 216 g/mol. The Balaban J connectivity index is 2.04. The molecule has 0 bridgehead atoms. The van der Waals surface area contributed by atoms with Crippen molar-refractivity contribution in [1.29, 1.82) is 0 Å². The molecule has 1 aliphatic heterocycles. The Labute approximate surface area is 104 Å². The summed E-state index contributed by atoms with van der Waals surface area (Å²) in [5.74, 6) is 0.438. The molecule has 1 amide bonds. The number of hydrogen-bond acceptors (Lipinski definition) is 3. The van der Waals surface area contributed by atoms with E-state index in [1.54, 1.807) is 0 Å². The highest BCUT2D eigenvalue weighted by Gasteiger charge is 2.23. The maximum absolute atomic E-state index is 11.9. The van der Waals surface area contributed by atoms with Crippen LogP contribution in [0, 0.1) is 5.92 Å². The molecule has 0 aliphatic carbocycles. The summed E-state index contributed by atoms with van der Waals surface area (Å²) in [6.07, 6.45) is 3.96. The summed E-state index contributed by atoms with van der Waals surface area (Å²) in [5.41, 5.74) is 0. The van der Waals surface area contributed by atoms with Crippen LogP contribution >= 0.6 is 0 Å². The molecule has 2 N–H and O–H groups in total. The van der Waals surface area contributed by atoms with E-state index in [9.17, 15) is 4.79 Å². The van der Waals surface area contributed by atoms with Gasteiger partial charge in [0, 0.05) is 31.7 Å². The van der Waals surface area contributed by atoms with Crippen LogP contribution in [0.15, 0.2) is 0 Å². The van der Waals surface area contributed by atoms with Crippen LogP contribution < -0.4 is 10.6 Å². The molecule has 100 valence electrons. The van der Waals surface area contributed by atoms with Gasteiger partial charge in [-0.25, -0.2) is 0 Å². The first-order valence-corrected chi connectivity index (χ1v) is 6.83. The van der Waals surface area contributed by atoms with Crippen molar-refractivity contribution < 1.29 is 9.53 Å². The van der Waals surface area contributed by atoms with Crippen molar-refractivity contribution in [2.24, 2.45) is 5.92 Å². The van der Waals surface area contributed by atoms with Gasteiger partial charge in [-0.1, -0.05) is 0 Å². The highest BCUT2D eigenvalue weighted by molar-refractivity contribution is 5.78. The van der Waals surface area contributed by atoms with Gasteiger partial charge in [-0.05, 0) is 46.1 Å². The van der Waals surface area contributed by atoms with Crippen molar-refractivity contribution in [3.8, 4) is 0 Å². The van der Waals surface area contributed by atoms with Gasteiger partial charge in [0.15, 0.2) is 0 Å². The van der Waals surface area contributed by atoms with Crippen LogP contribution in [0.4, 0.5) is 0 Å². The molecule has 17 heavy (non-hydrogen) atoms. The minimum atomic E-state index is 0.207. The second kappa shape index (κ2) is 8.48. The summed E-state index contributed by atoms with van der Waals surface area (Å²) in [4.78, 5) is 11.9. The van der Waals surface area contributed by atoms with E-state index in [-0.39, 0.29) is 11.8 Å². The Hall–Kier alpha value is -0.610. The third-order valence-corrected chi connectivity index (χ3v) is 3.21. The number of amides is 1. The van der Waals surface area contributed by atoms with Crippen LogP contribution in [0.2, 0.25) is 0 Å². The molecule has 0 radical (unpaired) electrons. The quantitative estimate of drug-likeness (QED) is 0.662. The fourth-order valence-electron chi connectivity index (χ4n) is 2.20. The lowest BCUT2D eigenvalue weighted by atomic mass is 9.92. The summed E-state index contributed by atoms with van der Waals surface area (Å²) in [6, 6.07) is 0.470. The Morgan fingerprint density at radius 1 is 1.47 bits per heavy atom. The van der Waals surface area contributed by atoms with E-state index in [4.69, 9.17) is 4.74 Å². The van der Waals surface area contributed by atoms with E-state index < -0.39 is 0 Å². The van der Waals surface area contributed by atoms with Gasteiger partial charge in [0.2, 0.25) is 5.91 Å². The summed E-state index contributed by atoms with van der Waals surface area (Å²) < 4.78 is 5.25. The van der Waals surface area contributed by atoms with E-state index in [1.165, 1.54) is 0 Å². The van der Waals surface area contributed by atoms with Gasteiger partial charge in [-0.15, -0.1) is 0 Å². The number of ether oxygens (including phenoxy) is 1. The molecule has 0 unspecified atom stereocenters. The first-order chi connectivity index (χ1) is 8.24. The van der Waals surface area contributed by atoms with Gasteiger partial charge in [-0.3, -0.25) is 4.79 Å². The van der Waals surface area contributed by atoms with Gasteiger partial charge in [0.25, 0.3) is 0 Å². The zero-order valence-electron chi connectivity index (χ0n) is 11.1. The maximum Gasteiger partial charge on any atom is 0.223 e. The van der Waals surface area contributed by atoms with Crippen molar-refractivity contribution in [1.82, 2.24) is 10.6 Å². The molecule has 2 atom stereocenters. The SMILES string of the molecule is CCOCCCCNC(=O)[C@H]1CCN[C@@H](C)C1. The molecule has 1 aliphatic rings. The second-order valence-corrected chi connectivity index (χ2v) is 4.77. The number of carbonyl (C=O) groups excluding carboxylic acids is 1. The molecule has 0 aromatic rings. The fraction of sp³-hybridized carbons (Fsp3) is 0.923. The molecule has 1 rings (SSSR count). The number of unbranched alkanes of at least 4 members (excludes halogenated alkanes) is 1. The summed E-state index contributed by atoms with van der Waals surface area (Å²) in [7, 11) is 0. The van der Waals surface area contributed by atoms with Gasteiger partial charge >= 0.3 is 0 Å². The zero-order chi connectivity index (χ0) is 12.5. The molecule has 4 heteroatoms. The maximum atomic E-state index is 11.9. The van der Waals surface area contributed by atoms with E-state index in [2.05, 4.69) is 17.6 Å². The van der Waals surface area contributed by atoms with Crippen LogP contribution in [0.3, 0.4) is 0 Å². The molecule has 0 aromatic heterocycles. The van der Waals surface area contributed by atoms with Gasteiger partial charge in [0.1, 0.15) is 0 Å². The molecule has 1 fully saturated rings. The topological polar surface area (TPSA) is 50.4 Å². The van der Waals surface area contributed by atoms with E-state index in [1.807, 2.05) is 6.92 Å². The van der Waals surface area contributed by atoms with Crippen LogP contribution in [-0.2, 0) is 9.53 Å². The van der Waals surface area contributed by atoms with Crippen LogP contribution in [0.1, 0.15) is 39.5 Å². The Bertz CT molecular complexity index is 221. The normalized spacial score (nSPS) is 24.6. The van der Waals surface area contributed by atoms with Crippen molar-refractivity contribution in [3.05, 3.63) is 0 Å². The van der Waals surface area contributed by atoms with E-state index in [0.717, 1.165) is 52.0 Å². The molecular formula is C13H26N2O2. The number of piperidine rings is 1. The smallest absolute Gasteiger partial charge is 0.223 e. The third-order valence-electron chi connectivity index (χ3n) is 3.21. The number of nitrogens with one attached hydrogen (secondary N) is 2. The lowest BCUT2D eigenvalue weighted by Gasteiger charge is -2.27. The van der Waals surface area contributed by atoms with Crippen molar-refractivity contribution in [2.45, 2.75) is 45.6 Å². The first kappa shape index (κ1) is 14.5. The van der Waals surface area contributed by atoms with Gasteiger partial charge in [-0.2, -0.15) is 0 Å². The summed E-state index contributed by atoms with van der Waals surface area (Å²) in [6.45, 7) is 7.46. The Morgan fingerprint density at radius 3 is 3.00 bits per heavy atom. The fourth-order valence-corrected chi connectivity index (χ4v) is 2.20. The standard InChI is InChI=1S/C13H26N2O2/c1-3-17-9-5-4-7-15-13(16)12-6-8-14-11(2)10-12/h11-12,14H,3-10H2,1-2H3,(H,15,16)/t11-,12-/m0/s1. The molecule has 4 nitrogen and oxygen atoms in total. The van der Waals surface area contributed by atoms with Crippen molar-refractivity contribution >= 4 is 5.91 Å². The lowest BCUT2D eigenvalue weighted by Crippen LogP contribution is -2.42. The molecule has 1 heterocycles. The highest BCUT2D eigenvalue weighted by atomic mass is 16.5. The predicted octanol–water partition coefficient (Wildman–Crippen LogP) is 1.31. The summed E-state index contributed by atoms with van der Waals surface area (Å²) >= 11 is 0. The molecule has 0 spiro atoms. The largest absolute Gasteiger partial charge is 0.382 e. The zero-order valence-corrected chi connectivity index (χ0v) is 11.1. The van der Waals surface area contributed by atoms with Crippen LogP contribution in [0.25, 0.3) is 0 Å². The molecule has 0 aromatic carbocycles. The minimum absolute atomic E-state index is 0.207. The van der Waals surface area contributed by atoms with Crippen LogP contribution in [-0.4, -0.2) is 38.3 Å². The number of rotatable bonds is 7. The van der Waals surface area contributed by atoms with Crippen LogP contribution in [0.5, 0.6) is 0 Å². The van der Waals surface area contributed by atoms with E-state index in [0.29, 0.717) is 6.04 Å². The molecule has 0 saturated carbocycles. The van der Waals surface area contributed by atoms with E-state index >= 15 is 0 Å². The molecule has 1 saturated heterocycles. The predicted molar refractivity (Wildman–Crippen MR) is 68.9 cm³/mol.